The standard InChI is InChI=1S/C19H24N2O3S/c1-23-16-4-3-14(11-17(16)24-2)5-8-20-19(22)13-21-9-6-18-15(12-21)7-10-25-18/h3-4,7,10-11H,5-6,8-9,12-13H2,1-2H3,(H,20,22). The molecule has 1 aromatic heterocycles. The highest BCUT2D eigenvalue weighted by Gasteiger charge is 2.18. The van der Waals surface area contributed by atoms with Gasteiger partial charge in [0.25, 0.3) is 0 Å². The van der Waals surface area contributed by atoms with E-state index in [2.05, 4.69) is 21.7 Å². The summed E-state index contributed by atoms with van der Waals surface area (Å²) in [7, 11) is 3.25. The summed E-state index contributed by atoms with van der Waals surface area (Å²) in [6, 6.07) is 8.01. The second kappa shape index (κ2) is 8.36. The molecule has 5 nitrogen and oxygen atoms in total. The SMILES string of the molecule is COc1ccc(CCNC(=O)CN2CCc3sccc3C2)cc1OC. The van der Waals surface area contributed by atoms with Crippen LogP contribution in [0.4, 0.5) is 0 Å². The van der Waals surface area contributed by atoms with Crippen molar-refractivity contribution in [2.75, 3.05) is 33.9 Å². The van der Waals surface area contributed by atoms with E-state index in [0.29, 0.717) is 24.6 Å². The van der Waals surface area contributed by atoms with Crippen LogP contribution < -0.4 is 14.8 Å². The lowest BCUT2D eigenvalue weighted by Crippen LogP contribution is -2.40. The zero-order valence-corrected chi connectivity index (χ0v) is 15.5. The van der Waals surface area contributed by atoms with E-state index in [4.69, 9.17) is 9.47 Å². The van der Waals surface area contributed by atoms with Gasteiger partial charge in [-0.3, -0.25) is 9.69 Å². The molecule has 0 radical (unpaired) electrons. The highest BCUT2D eigenvalue weighted by atomic mass is 32.1. The van der Waals surface area contributed by atoms with E-state index in [9.17, 15) is 4.79 Å². The lowest BCUT2D eigenvalue weighted by Gasteiger charge is -2.26. The molecular weight excluding hydrogens is 336 g/mol. The van der Waals surface area contributed by atoms with E-state index >= 15 is 0 Å². The maximum absolute atomic E-state index is 12.2. The Balaban J connectivity index is 1.44. The van der Waals surface area contributed by atoms with Gasteiger partial charge in [-0.25, -0.2) is 0 Å². The van der Waals surface area contributed by atoms with Crippen molar-refractivity contribution in [2.45, 2.75) is 19.4 Å². The van der Waals surface area contributed by atoms with Gasteiger partial charge in [0, 0.05) is 24.5 Å². The third-order valence-corrected chi connectivity index (χ3v) is 5.46. The van der Waals surface area contributed by atoms with E-state index in [0.717, 1.165) is 31.5 Å². The molecule has 3 rings (SSSR count). The topological polar surface area (TPSA) is 50.8 Å². The number of carbonyl (C=O) groups is 1. The van der Waals surface area contributed by atoms with Crippen molar-refractivity contribution in [3.63, 3.8) is 0 Å². The van der Waals surface area contributed by atoms with Crippen LogP contribution in [0.5, 0.6) is 11.5 Å². The Labute approximate surface area is 152 Å². The minimum absolute atomic E-state index is 0.0826. The first kappa shape index (κ1) is 17.8. The summed E-state index contributed by atoms with van der Waals surface area (Å²) in [5.74, 6) is 1.51. The van der Waals surface area contributed by atoms with Gasteiger partial charge < -0.3 is 14.8 Å². The summed E-state index contributed by atoms with van der Waals surface area (Å²) in [4.78, 5) is 15.9. The number of carbonyl (C=O) groups excluding carboxylic acids is 1. The second-order valence-corrected chi connectivity index (χ2v) is 7.12. The fourth-order valence-electron chi connectivity index (χ4n) is 3.08. The molecule has 2 aromatic rings. The number of fused-ring (bicyclic) bond motifs is 1. The van der Waals surface area contributed by atoms with Gasteiger partial charge in [0.15, 0.2) is 11.5 Å². The quantitative estimate of drug-likeness (QED) is 0.824. The van der Waals surface area contributed by atoms with E-state index in [1.165, 1.54) is 10.4 Å². The van der Waals surface area contributed by atoms with Gasteiger partial charge in [0.05, 0.1) is 20.8 Å². The molecule has 0 aliphatic carbocycles. The zero-order valence-electron chi connectivity index (χ0n) is 14.7. The van der Waals surface area contributed by atoms with E-state index in [1.807, 2.05) is 29.5 Å². The van der Waals surface area contributed by atoms with Crippen LogP contribution in [0.1, 0.15) is 16.0 Å². The van der Waals surface area contributed by atoms with Gasteiger partial charge in [0.1, 0.15) is 0 Å². The van der Waals surface area contributed by atoms with Gasteiger partial charge in [-0.2, -0.15) is 0 Å². The average Bonchev–Trinajstić information content (AvgIpc) is 3.09. The summed E-state index contributed by atoms with van der Waals surface area (Å²) in [5, 5.41) is 5.15. The molecule has 6 heteroatoms. The summed E-state index contributed by atoms with van der Waals surface area (Å²) < 4.78 is 10.5. The van der Waals surface area contributed by atoms with Crippen LogP contribution >= 0.6 is 11.3 Å². The monoisotopic (exact) mass is 360 g/mol. The van der Waals surface area contributed by atoms with Crippen LogP contribution in [0.3, 0.4) is 0 Å². The minimum atomic E-state index is 0.0826. The van der Waals surface area contributed by atoms with Crippen LogP contribution in [0, 0.1) is 0 Å². The lowest BCUT2D eigenvalue weighted by atomic mass is 10.1. The Bertz CT molecular complexity index is 729. The smallest absolute Gasteiger partial charge is 0.234 e. The summed E-state index contributed by atoms with van der Waals surface area (Å²) in [5.41, 5.74) is 2.48. The first-order chi connectivity index (χ1) is 12.2. The molecule has 0 bridgehead atoms. The predicted molar refractivity (Wildman–Crippen MR) is 99.6 cm³/mol. The maximum Gasteiger partial charge on any atom is 0.234 e. The predicted octanol–water partition coefficient (Wildman–Crippen LogP) is 2.48. The fraction of sp³-hybridized carbons (Fsp3) is 0.421. The third kappa shape index (κ3) is 4.52. The van der Waals surface area contributed by atoms with E-state index < -0.39 is 0 Å². The summed E-state index contributed by atoms with van der Waals surface area (Å²) >= 11 is 1.82. The molecule has 25 heavy (non-hydrogen) atoms. The number of rotatable bonds is 7. The van der Waals surface area contributed by atoms with Crippen LogP contribution in [-0.4, -0.2) is 44.7 Å². The molecule has 2 heterocycles. The number of nitrogens with zero attached hydrogens (tertiary/aromatic N) is 1. The number of thiophene rings is 1. The molecule has 0 saturated carbocycles. The zero-order chi connectivity index (χ0) is 17.6. The minimum Gasteiger partial charge on any atom is -0.493 e. The Morgan fingerprint density at radius 2 is 2.08 bits per heavy atom. The molecule has 1 N–H and O–H groups in total. The van der Waals surface area contributed by atoms with Crippen molar-refractivity contribution < 1.29 is 14.3 Å². The molecule has 0 saturated heterocycles. The molecule has 1 aliphatic rings. The molecule has 1 amide bonds. The Hall–Kier alpha value is -2.05. The number of amides is 1. The third-order valence-electron chi connectivity index (χ3n) is 4.44. The van der Waals surface area contributed by atoms with Crippen LogP contribution in [-0.2, 0) is 24.2 Å². The van der Waals surface area contributed by atoms with Gasteiger partial charge in [-0.1, -0.05) is 6.07 Å². The molecule has 0 spiro atoms. The van der Waals surface area contributed by atoms with E-state index in [1.54, 1.807) is 14.2 Å². The molecule has 134 valence electrons. The first-order valence-electron chi connectivity index (χ1n) is 8.45. The van der Waals surface area contributed by atoms with Gasteiger partial charge in [-0.15, -0.1) is 11.3 Å². The normalized spacial score (nSPS) is 14.0. The van der Waals surface area contributed by atoms with Crippen molar-refractivity contribution >= 4 is 17.2 Å². The number of hydrogen-bond acceptors (Lipinski definition) is 5. The number of ether oxygens (including phenoxy) is 2. The Morgan fingerprint density at radius 1 is 1.24 bits per heavy atom. The lowest BCUT2D eigenvalue weighted by molar-refractivity contribution is -0.122. The average molecular weight is 360 g/mol. The molecule has 1 aromatic carbocycles. The number of hydrogen-bond donors (Lipinski definition) is 1. The summed E-state index contributed by atoms with van der Waals surface area (Å²) in [6.07, 6.45) is 1.81. The molecular formula is C19H24N2O3S. The van der Waals surface area contributed by atoms with Crippen molar-refractivity contribution in [1.29, 1.82) is 0 Å². The van der Waals surface area contributed by atoms with Gasteiger partial charge in [-0.05, 0) is 47.5 Å². The van der Waals surface area contributed by atoms with Gasteiger partial charge >= 0.3 is 0 Å². The fourth-order valence-corrected chi connectivity index (χ4v) is 3.97. The van der Waals surface area contributed by atoms with Crippen LogP contribution in [0.15, 0.2) is 29.6 Å². The summed E-state index contributed by atoms with van der Waals surface area (Å²) in [6.45, 7) is 2.91. The Kier molecular flexibility index (Phi) is 5.94. The van der Waals surface area contributed by atoms with Crippen LogP contribution in [0.25, 0.3) is 0 Å². The first-order valence-corrected chi connectivity index (χ1v) is 9.32. The van der Waals surface area contributed by atoms with Crippen molar-refractivity contribution in [2.24, 2.45) is 0 Å². The second-order valence-electron chi connectivity index (χ2n) is 6.12. The van der Waals surface area contributed by atoms with Gasteiger partial charge in [0.2, 0.25) is 5.91 Å². The number of benzene rings is 1. The molecule has 0 fully saturated rings. The van der Waals surface area contributed by atoms with Crippen molar-refractivity contribution in [3.05, 3.63) is 45.6 Å². The van der Waals surface area contributed by atoms with Crippen LogP contribution in [0.2, 0.25) is 0 Å². The number of nitrogens with one attached hydrogen (secondary N) is 1. The van der Waals surface area contributed by atoms with E-state index in [-0.39, 0.29) is 5.91 Å². The highest BCUT2D eigenvalue weighted by Crippen LogP contribution is 2.27. The number of methoxy groups -OCH3 is 2. The molecule has 0 unspecified atom stereocenters. The largest absolute Gasteiger partial charge is 0.493 e. The van der Waals surface area contributed by atoms with Crippen molar-refractivity contribution in [3.8, 4) is 11.5 Å². The Morgan fingerprint density at radius 3 is 2.88 bits per heavy atom. The highest BCUT2D eigenvalue weighted by molar-refractivity contribution is 7.10. The molecule has 0 atom stereocenters. The molecule has 1 aliphatic heterocycles. The van der Waals surface area contributed by atoms with Crippen molar-refractivity contribution in [1.82, 2.24) is 10.2 Å². The maximum atomic E-state index is 12.2.